The van der Waals surface area contributed by atoms with Gasteiger partial charge in [-0.3, -0.25) is 4.79 Å². The highest BCUT2D eigenvalue weighted by Gasteiger charge is 2.17. The van der Waals surface area contributed by atoms with Crippen molar-refractivity contribution in [3.8, 4) is 5.75 Å². The van der Waals surface area contributed by atoms with Crippen molar-refractivity contribution < 1.29 is 9.15 Å². The van der Waals surface area contributed by atoms with E-state index in [4.69, 9.17) is 9.15 Å². The molecule has 5 rings (SSSR count). The predicted octanol–water partition coefficient (Wildman–Crippen LogP) is 4.60. The topological polar surface area (TPSA) is 44.4 Å². The number of methoxy groups -OCH3 is 1. The van der Waals surface area contributed by atoms with Gasteiger partial charge in [0.15, 0.2) is 0 Å². The van der Waals surface area contributed by atoms with E-state index < -0.39 is 0 Å². The highest BCUT2D eigenvalue weighted by Crippen LogP contribution is 2.35. The Labute approximate surface area is 142 Å². The van der Waals surface area contributed by atoms with Crippen molar-refractivity contribution in [1.82, 2.24) is 4.57 Å². The molecule has 2 heterocycles. The maximum Gasteiger partial charge on any atom is 0.202 e. The van der Waals surface area contributed by atoms with Crippen LogP contribution in [0.2, 0.25) is 0 Å². The van der Waals surface area contributed by atoms with Gasteiger partial charge in [0.05, 0.1) is 23.4 Å². The summed E-state index contributed by atoms with van der Waals surface area (Å²) in [6.07, 6.45) is 1.98. The van der Waals surface area contributed by atoms with E-state index in [2.05, 4.69) is 12.1 Å². The molecule has 0 spiro atoms. The average Bonchev–Trinajstić information content (AvgIpc) is 3.03. The summed E-state index contributed by atoms with van der Waals surface area (Å²) in [5.74, 6) is 0.666. The van der Waals surface area contributed by atoms with Gasteiger partial charge in [-0.15, -0.1) is 0 Å². The van der Waals surface area contributed by atoms with Crippen LogP contribution in [0.15, 0.2) is 63.9 Å². The first-order valence-electron chi connectivity index (χ1n) is 8.09. The molecule has 0 saturated heterocycles. The fraction of sp³-hybridized carbons (Fsp3) is 0.0952. The van der Waals surface area contributed by atoms with Crippen LogP contribution in [0.25, 0.3) is 43.6 Å². The molecule has 0 aliphatic heterocycles. The number of rotatable bonds is 1. The zero-order chi connectivity index (χ0) is 17.1. The van der Waals surface area contributed by atoms with Gasteiger partial charge in [0.25, 0.3) is 0 Å². The maximum absolute atomic E-state index is 13.3. The van der Waals surface area contributed by atoms with Crippen LogP contribution in [0.3, 0.4) is 0 Å². The largest absolute Gasteiger partial charge is 0.497 e. The van der Waals surface area contributed by atoms with Crippen molar-refractivity contribution in [2.45, 2.75) is 0 Å². The van der Waals surface area contributed by atoms with Gasteiger partial charge in [-0.05, 0) is 23.6 Å². The molecule has 0 fully saturated rings. The number of benzene rings is 3. The number of ether oxygens (including phenoxy) is 1. The highest BCUT2D eigenvalue weighted by molar-refractivity contribution is 6.23. The Hall–Kier alpha value is -3.27. The Bertz CT molecular complexity index is 1360. The molecule has 0 radical (unpaired) electrons. The molecule has 0 aliphatic carbocycles. The SMILES string of the molecule is COc1ccc2c(=O)c3c(oc2c1)c1ccccc1c1ccn(C)c13. The lowest BCUT2D eigenvalue weighted by molar-refractivity contribution is 0.414. The van der Waals surface area contributed by atoms with Gasteiger partial charge in [0, 0.05) is 30.1 Å². The lowest BCUT2D eigenvalue weighted by atomic mass is 10.0. The fourth-order valence-electron chi connectivity index (χ4n) is 3.68. The summed E-state index contributed by atoms with van der Waals surface area (Å²) in [5.41, 5.74) is 2.04. The van der Waals surface area contributed by atoms with Crippen LogP contribution in [-0.2, 0) is 7.05 Å². The van der Waals surface area contributed by atoms with E-state index in [0.29, 0.717) is 27.7 Å². The maximum atomic E-state index is 13.3. The van der Waals surface area contributed by atoms with E-state index in [0.717, 1.165) is 21.7 Å². The summed E-state index contributed by atoms with van der Waals surface area (Å²) in [4.78, 5) is 13.3. The Balaban J connectivity index is 2.16. The Morgan fingerprint density at radius 1 is 0.960 bits per heavy atom. The van der Waals surface area contributed by atoms with E-state index in [1.807, 2.05) is 36.0 Å². The van der Waals surface area contributed by atoms with Gasteiger partial charge in [-0.2, -0.15) is 0 Å². The second-order valence-electron chi connectivity index (χ2n) is 6.23. The third kappa shape index (κ3) is 1.79. The zero-order valence-corrected chi connectivity index (χ0v) is 13.9. The van der Waals surface area contributed by atoms with E-state index in [-0.39, 0.29) is 5.43 Å². The third-order valence-electron chi connectivity index (χ3n) is 4.87. The molecule has 2 aromatic heterocycles. The monoisotopic (exact) mass is 329 g/mol. The molecule has 0 N–H and O–H groups in total. The van der Waals surface area contributed by atoms with Crippen LogP contribution in [0.5, 0.6) is 5.75 Å². The van der Waals surface area contributed by atoms with Crippen molar-refractivity contribution in [3.63, 3.8) is 0 Å². The molecule has 122 valence electrons. The summed E-state index contributed by atoms with van der Waals surface area (Å²) >= 11 is 0. The number of nitrogens with zero attached hydrogens (tertiary/aromatic N) is 1. The third-order valence-corrected chi connectivity index (χ3v) is 4.87. The summed E-state index contributed by atoms with van der Waals surface area (Å²) in [5, 5.41) is 4.27. The molecular weight excluding hydrogens is 314 g/mol. The van der Waals surface area contributed by atoms with Crippen molar-refractivity contribution in [2.24, 2.45) is 7.05 Å². The molecule has 0 unspecified atom stereocenters. The van der Waals surface area contributed by atoms with Gasteiger partial charge >= 0.3 is 0 Å². The van der Waals surface area contributed by atoms with Crippen LogP contribution in [0.1, 0.15) is 0 Å². The normalized spacial score (nSPS) is 11.8. The van der Waals surface area contributed by atoms with Crippen LogP contribution in [0, 0.1) is 0 Å². The summed E-state index contributed by atoms with van der Waals surface area (Å²) in [7, 11) is 3.55. The molecular formula is C21H15NO3. The van der Waals surface area contributed by atoms with Gasteiger partial charge in [-0.1, -0.05) is 24.3 Å². The van der Waals surface area contributed by atoms with Crippen molar-refractivity contribution in [3.05, 3.63) is 65.0 Å². The van der Waals surface area contributed by atoms with Gasteiger partial charge in [0.1, 0.15) is 16.9 Å². The minimum absolute atomic E-state index is 0.0172. The number of fused-ring (bicyclic) bond motifs is 7. The van der Waals surface area contributed by atoms with Crippen molar-refractivity contribution in [1.29, 1.82) is 0 Å². The van der Waals surface area contributed by atoms with E-state index in [1.165, 1.54) is 0 Å². The second kappa shape index (κ2) is 4.86. The molecule has 3 aromatic carbocycles. The van der Waals surface area contributed by atoms with Gasteiger partial charge < -0.3 is 13.7 Å². The molecule has 4 nitrogen and oxygen atoms in total. The van der Waals surface area contributed by atoms with E-state index >= 15 is 0 Å². The predicted molar refractivity (Wildman–Crippen MR) is 101 cm³/mol. The molecule has 4 heteroatoms. The number of hydrogen-bond acceptors (Lipinski definition) is 3. The van der Waals surface area contributed by atoms with Gasteiger partial charge in [-0.25, -0.2) is 0 Å². The molecule has 0 saturated carbocycles. The van der Waals surface area contributed by atoms with Crippen LogP contribution >= 0.6 is 0 Å². The van der Waals surface area contributed by atoms with Gasteiger partial charge in [0.2, 0.25) is 5.43 Å². The average molecular weight is 329 g/mol. The highest BCUT2D eigenvalue weighted by atomic mass is 16.5. The van der Waals surface area contributed by atoms with Crippen LogP contribution in [-0.4, -0.2) is 11.7 Å². The molecule has 0 bridgehead atoms. The summed E-state index contributed by atoms with van der Waals surface area (Å²) in [6, 6.07) is 15.4. The first-order chi connectivity index (χ1) is 12.2. The van der Waals surface area contributed by atoms with E-state index in [9.17, 15) is 4.79 Å². The standard InChI is InChI=1S/C21H15NO3/c1-22-10-9-14-13-5-3-4-6-15(13)21-18(19(14)22)20(23)16-8-7-12(24-2)11-17(16)25-21/h3-11H,1-2H3. The lowest BCUT2D eigenvalue weighted by Gasteiger charge is -2.09. The smallest absolute Gasteiger partial charge is 0.202 e. The molecule has 0 atom stereocenters. The van der Waals surface area contributed by atoms with E-state index in [1.54, 1.807) is 25.3 Å². The molecule has 0 aliphatic rings. The quantitative estimate of drug-likeness (QED) is 0.333. The Morgan fingerprint density at radius 2 is 1.76 bits per heavy atom. The number of hydrogen-bond donors (Lipinski definition) is 0. The summed E-state index contributed by atoms with van der Waals surface area (Å²) in [6.45, 7) is 0. The molecule has 0 amide bonds. The zero-order valence-electron chi connectivity index (χ0n) is 13.9. The second-order valence-corrected chi connectivity index (χ2v) is 6.23. The lowest BCUT2D eigenvalue weighted by Crippen LogP contribution is -2.05. The number of aromatic nitrogens is 1. The van der Waals surface area contributed by atoms with Crippen molar-refractivity contribution >= 4 is 43.6 Å². The minimum atomic E-state index is -0.0172. The molecule has 5 aromatic rings. The van der Waals surface area contributed by atoms with Crippen LogP contribution in [0.4, 0.5) is 0 Å². The summed E-state index contributed by atoms with van der Waals surface area (Å²) < 4.78 is 13.5. The molecule has 25 heavy (non-hydrogen) atoms. The Morgan fingerprint density at radius 3 is 2.56 bits per heavy atom. The minimum Gasteiger partial charge on any atom is -0.497 e. The van der Waals surface area contributed by atoms with Crippen molar-refractivity contribution in [2.75, 3.05) is 7.11 Å². The first kappa shape index (κ1) is 14.1. The first-order valence-corrected chi connectivity index (χ1v) is 8.09. The number of aryl methyl sites for hydroxylation is 1. The Kier molecular flexibility index (Phi) is 2.74. The van der Waals surface area contributed by atoms with Crippen LogP contribution < -0.4 is 10.2 Å². The fourth-order valence-corrected chi connectivity index (χ4v) is 3.68.